The van der Waals surface area contributed by atoms with Crippen LogP contribution in [0.4, 0.5) is 5.69 Å². The van der Waals surface area contributed by atoms with E-state index in [2.05, 4.69) is 32.4 Å². The quantitative estimate of drug-likeness (QED) is 0.525. The van der Waals surface area contributed by atoms with Gasteiger partial charge >= 0.3 is 0 Å². The number of carbonyl (C=O) groups is 1. The highest BCUT2D eigenvalue weighted by atomic mass is 35.5. The highest BCUT2D eigenvalue weighted by Gasteiger charge is 2.40. The Labute approximate surface area is 228 Å². The third-order valence-electron chi connectivity index (χ3n) is 7.59. The van der Waals surface area contributed by atoms with Crippen molar-refractivity contribution in [2.24, 2.45) is 0 Å². The topological polar surface area (TPSA) is 120 Å². The molecule has 1 saturated carbocycles. The number of ether oxygens (including phenoxy) is 1. The molecule has 0 radical (unpaired) electrons. The van der Waals surface area contributed by atoms with Gasteiger partial charge in [-0.25, -0.2) is 4.68 Å². The second kappa shape index (κ2) is 11.7. The van der Waals surface area contributed by atoms with Crippen molar-refractivity contribution in [2.45, 2.75) is 44.1 Å². The zero-order valence-corrected chi connectivity index (χ0v) is 22.1. The maximum atomic E-state index is 13.0. The molecule has 1 aliphatic carbocycles. The minimum atomic E-state index is -0.593. The molecule has 0 atom stereocenters. The van der Waals surface area contributed by atoms with Crippen LogP contribution in [0, 0.1) is 29.6 Å². The molecular formula is C28H30ClN7O2. The molecule has 196 valence electrons. The number of nitriles is 2. The lowest BCUT2D eigenvalue weighted by Gasteiger charge is -2.41. The van der Waals surface area contributed by atoms with Crippen molar-refractivity contribution in [1.82, 2.24) is 19.7 Å². The Hall–Kier alpha value is -3.76. The molecule has 9 nitrogen and oxygen atoms in total. The molecule has 10 heteroatoms. The lowest BCUT2D eigenvalue weighted by Crippen LogP contribution is -2.47. The monoisotopic (exact) mass is 531 g/mol. The minimum absolute atomic E-state index is 0. The molecule has 2 aromatic heterocycles. The number of halogens is 1. The van der Waals surface area contributed by atoms with E-state index in [1.807, 2.05) is 19.1 Å². The molecule has 1 amide bonds. The van der Waals surface area contributed by atoms with E-state index in [0.717, 1.165) is 63.4 Å². The number of carbonyl (C=O) groups excluding carboxylic acids is 1. The lowest BCUT2D eigenvalue weighted by molar-refractivity contribution is 0.00493. The fourth-order valence-electron chi connectivity index (χ4n) is 5.35. The van der Waals surface area contributed by atoms with Crippen molar-refractivity contribution in [3.63, 3.8) is 0 Å². The Kier molecular flexibility index (Phi) is 8.43. The van der Waals surface area contributed by atoms with Gasteiger partial charge in [-0.15, -0.1) is 12.4 Å². The third kappa shape index (κ3) is 5.41. The highest BCUT2D eigenvalue weighted by Crippen LogP contribution is 2.40. The lowest BCUT2D eigenvalue weighted by atomic mass is 9.71. The van der Waals surface area contributed by atoms with Crippen LogP contribution in [0.2, 0.25) is 0 Å². The van der Waals surface area contributed by atoms with Gasteiger partial charge in [0.1, 0.15) is 0 Å². The van der Waals surface area contributed by atoms with Crippen molar-refractivity contribution in [3.8, 4) is 17.8 Å². The number of morpholine rings is 1. The van der Waals surface area contributed by atoms with E-state index in [0.29, 0.717) is 28.6 Å². The molecule has 1 N–H and O–H groups in total. The predicted molar refractivity (Wildman–Crippen MR) is 144 cm³/mol. The molecule has 2 fully saturated rings. The summed E-state index contributed by atoms with van der Waals surface area (Å²) in [5.74, 6) is -0.284. The van der Waals surface area contributed by atoms with E-state index >= 15 is 0 Å². The van der Waals surface area contributed by atoms with Crippen LogP contribution in [0.25, 0.3) is 5.69 Å². The van der Waals surface area contributed by atoms with Crippen LogP contribution < -0.4 is 5.32 Å². The van der Waals surface area contributed by atoms with E-state index in [9.17, 15) is 10.1 Å². The number of hydrogen-bond acceptors (Lipinski definition) is 7. The van der Waals surface area contributed by atoms with Gasteiger partial charge in [0.25, 0.3) is 5.91 Å². The number of pyridine rings is 1. The Morgan fingerprint density at radius 2 is 1.79 bits per heavy atom. The fourth-order valence-corrected chi connectivity index (χ4v) is 5.35. The van der Waals surface area contributed by atoms with Crippen LogP contribution >= 0.6 is 12.4 Å². The molecule has 3 heterocycles. The van der Waals surface area contributed by atoms with Gasteiger partial charge in [-0.1, -0.05) is 0 Å². The van der Waals surface area contributed by atoms with E-state index in [1.54, 1.807) is 35.1 Å². The number of amides is 1. The van der Waals surface area contributed by atoms with Crippen molar-refractivity contribution >= 4 is 24.0 Å². The van der Waals surface area contributed by atoms with Crippen LogP contribution in [-0.4, -0.2) is 57.9 Å². The first-order valence-electron chi connectivity index (χ1n) is 12.6. The summed E-state index contributed by atoms with van der Waals surface area (Å²) in [6.07, 6.45) is 6.64. The first-order valence-corrected chi connectivity index (χ1v) is 12.6. The minimum Gasteiger partial charge on any atom is -0.379 e. The van der Waals surface area contributed by atoms with Crippen molar-refractivity contribution in [1.29, 1.82) is 10.5 Å². The summed E-state index contributed by atoms with van der Waals surface area (Å²) in [7, 11) is 0. The van der Waals surface area contributed by atoms with Crippen LogP contribution in [0.1, 0.15) is 53.0 Å². The fraction of sp³-hybridized carbons (Fsp3) is 0.393. The van der Waals surface area contributed by atoms with Crippen molar-refractivity contribution in [2.75, 3.05) is 31.6 Å². The van der Waals surface area contributed by atoms with E-state index in [-0.39, 0.29) is 18.3 Å². The van der Waals surface area contributed by atoms with Crippen LogP contribution in [0.15, 0.2) is 48.8 Å². The molecule has 0 spiro atoms. The first-order chi connectivity index (χ1) is 18.0. The summed E-state index contributed by atoms with van der Waals surface area (Å²) in [6, 6.07) is 15.8. The van der Waals surface area contributed by atoms with Gasteiger partial charge in [-0.05, 0) is 69.0 Å². The van der Waals surface area contributed by atoms with Gasteiger partial charge in [0.05, 0.1) is 77.1 Å². The first kappa shape index (κ1) is 27.3. The standard InChI is InChI=1S/C28H29N7O2.ClH/c1-20-25(18-32-35(20)24-5-2-21(16-29)3-6-24)27(36)33-22-4-7-26(31-17-22)28(19-30)10-8-23(9-11-28)34-12-14-37-15-13-34;/h2-7,17-18,23H,8-15H2,1H3,(H,33,36);1H. The summed E-state index contributed by atoms with van der Waals surface area (Å²) < 4.78 is 7.14. The van der Waals surface area contributed by atoms with E-state index in [1.165, 1.54) is 6.20 Å². The maximum absolute atomic E-state index is 13.0. The van der Waals surface area contributed by atoms with E-state index < -0.39 is 5.41 Å². The van der Waals surface area contributed by atoms with Gasteiger partial charge in [-0.2, -0.15) is 15.6 Å². The molecule has 2 aliphatic rings. The van der Waals surface area contributed by atoms with Crippen LogP contribution in [0.5, 0.6) is 0 Å². The second-order valence-corrected chi connectivity index (χ2v) is 9.67. The molecule has 1 aromatic carbocycles. The van der Waals surface area contributed by atoms with Gasteiger partial charge in [0, 0.05) is 19.1 Å². The largest absolute Gasteiger partial charge is 0.379 e. The number of anilines is 1. The molecule has 3 aromatic rings. The van der Waals surface area contributed by atoms with Crippen LogP contribution in [-0.2, 0) is 10.2 Å². The van der Waals surface area contributed by atoms with Gasteiger partial charge in [0.15, 0.2) is 0 Å². The van der Waals surface area contributed by atoms with Crippen molar-refractivity contribution in [3.05, 3.63) is 71.3 Å². The molecule has 1 aliphatic heterocycles. The average Bonchev–Trinajstić information content (AvgIpc) is 3.35. The number of hydrogen-bond donors (Lipinski definition) is 1. The Balaban J connectivity index is 0.00000336. The summed E-state index contributed by atoms with van der Waals surface area (Å²) in [5, 5.41) is 26.3. The zero-order chi connectivity index (χ0) is 25.8. The summed E-state index contributed by atoms with van der Waals surface area (Å²) >= 11 is 0. The summed E-state index contributed by atoms with van der Waals surface area (Å²) in [6.45, 7) is 5.31. The number of aromatic nitrogens is 3. The predicted octanol–water partition coefficient (Wildman–Crippen LogP) is 4.16. The number of rotatable bonds is 5. The van der Waals surface area contributed by atoms with Crippen LogP contribution in [0.3, 0.4) is 0 Å². The van der Waals surface area contributed by atoms with Gasteiger partial charge in [0.2, 0.25) is 0 Å². The molecule has 0 bridgehead atoms. The second-order valence-electron chi connectivity index (χ2n) is 9.67. The molecule has 1 saturated heterocycles. The average molecular weight is 532 g/mol. The molecule has 5 rings (SSSR count). The smallest absolute Gasteiger partial charge is 0.259 e. The summed E-state index contributed by atoms with van der Waals surface area (Å²) in [4.78, 5) is 20.1. The molecule has 38 heavy (non-hydrogen) atoms. The number of benzene rings is 1. The van der Waals surface area contributed by atoms with Crippen molar-refractivity contribution < 1.29 is 9.53 Å². The number of nitrogens with zero attached hydrogens (tertiary/aromatic N) is 6. The highest BCUT2D eigenvalue weighted by molar-refractivity contribution is 6.04. The Morgan fingerprint density at radius 3 is 2.39 bits per heavy atom. The normalized spacial score (nSPS) is 21.5. The SMILES string of the molecule is Cc1c(C(=O)Nc2ccc(C3(C#N)CCC(N4CCOCC4)CC3)nc2)cnn1-c1ccc(C#N)cc1.Cl. The Morgan fingerprint density at radius 1 is 1.08 bits per heavy atom. The number of nitrogens with one attached hydrogen (secondary N) is 1. The maximum Gasteiger partial charge on any atom is 0.259 e. The Bertz CT molecular complexity index is 1340. The summed E-state index contributed by atoms with van der Waals surface area (Å²) in [5.41, 5.74) is 3.20. The van der Waals surface area contributed by atoms with E-state index in [4.69, 9.17) is 10.00 Å². The van der Waals surface area contributed by atoms with Gasteiger partial charge < -0.3 is 10.1 Å². The van der Waals surface area contributed by atoms with Gasteiger partial charge in [-0.3, -0.25) is 14.7 Å². The molecule has 0 unspecified atom stereocenters. The zero-order valence-electron chi connectivity index (χ0n) is 21.3. The third-order valence-corrected chi connectivity index (χ3v) is 7.59. The molecular weight excluding hydrogens is 502 g/mol.